The van der Waals surface area contributed by atoms with Crippen LogP contribution in [0, 0.1) is 13.8 Å². The van der Waals surface area contributed by atoms with Gasteiger partial charge in [-0.2, -0.15) is 5.10 Å². The van der Waals surface area contributed by atoms with Gasteiger partial charge in [-0.1, -0.05) is 30.3 Å². The first-order chi connectivity index (χ1) is 15.9. The third kappa shape index (κ3) is 7.40. The lowest BCUT2D eigenvalue weighted by Gasteiger charge is -2.24. The number of nitrogens with zero attached hydrogens (tertiary/aromatic N) is 3. The van der Waals surface area contributed by atoms with Crippen molar-refractivity contribution in [3.63, 3.8) is 0 Å². The van der Waals surface area contributed by atoms with Crippen LogP contribution in [0.3, 0.4) is 0 Å². The minimum atomic E-state index is -0.0594. The molecule has 1 saturated heterocycles. The van der Waals surface area contributed by atoms with Gasteiger partial charge in [0.2, 0.25) is 11.8 Å². The number of rotatable bonds is 4. The molecule has 8 nitrogen and oxygen atoms in total. The second-order valence-electron chi connectivity index (χ2n) is 8.67. The van der Waals surface area contributed by atoms with Crippen molar-refractivity contribution in [2.24, 2.45) is 0 Å². The Balaban J connectivity index is 0.00000408. The highest BCUT2D eigenvalue weighted by molar-refractivity contribution is 5.96. The number of benzene rings is 1. The maximum Gasteiger partial charge on any atom is 0.244 e. The van der Waals surface area contributed by atoms with E-state index >= 15 is 0 Å². The van der Waals surface area contributed by atoms with Gasteiger partial charge in [0.25, 0.3) is 0 Å². The van der Waals surface area contributed by atoms with E-state index < -0.39 is 0 Å². The van der Waals surface area contributed by atoms with Crippen LogP contribution in [0.5, 0.6) is 0 Å². The normalized spacial score (nSPS) is 18.0. The number of carbonyl (C=O) groups is 3. The number of nitrogens with one attached hydrogen (secondary N) is 2. The van der Waals surface area contributed by atoms with E-state index in [0.717, 1.165) is 30.5 Å². The summed E-state index contributed by atoms with van der Waals surface area (Å²) in [5, 5.41) is 10.9. The summed E-state index contributed by atoms with van der Waals surface area (Å²) in [6.45, 7) is 7.84. The van der Waals surface area contributed by atoms with Crippen LogP contribution >= 0.6 is 12.4 Å². The molecule has 0 bridgehead atoms. The van der Waals surface area contributed by atoms with E-state index in [1.165, 1.54) is 6.92 Å². The van der Waals surface area contributed by atoms with Gasteiger partial charge in [-0.15, -0.1) is 12.4 Å². The van der Waals surface area contributed by atoms with Crippen molar-refractivity contribution in [2.45, 2.75) is 59.0 Å². The number of aromatic nitrogens is 2. The van der Waals surface area contributed by atoms with E-state index in [0.29, 0.717) is 43.9 Å². The molecule has 1 fully saturated rings. The van der Waals surface area contributed by atoms with E-state index in [1.54, 1.807) is 11.6 Å². The number of hydrogen-bond acceptors (Lipinski definition) is 5. The molecule has 2 heterocycles. The Morgan fingerprint density at radius 3 is 2.44 bits per heavy atom. The molecular formula is C25H36ClN5O3. The second-order valence-corrected chi connectivity index (χ2v) is 8.67. The van der Waals surface area contributed by atoms with Gasteiger partial charge in [0.05, 0.1) is 11.3 Å². The van der Waals surface area contributed by atoms with Gasteiger partial charge in [-0.05, 0) is 52.1 Å². The van der Waals surface area contributed by atoms with Gasteiger partial charge >= 0.3 is 0 Å². The molecule has 9 heteroatoms. The Hall–Kier alpha value is -2.71. The average Bonchev–Trinajstić information content (AvgIpc) is 3.07. The molecule has 1 atom stereocenters. The zero-order chi connectivity index (χ0) is 23.8. The molecule has 0 aliphatic carbocycles. The van der Waals surface area contributed by atoms with Crippen LogP contribution in [-0.2, 0) is 16.1 Å². The minimum absolute atomic E-state index is 0. The molecule has 0 radical (unpaired) electrons. The maximum atomic E-state index is 13.1. The van der Waals surface area contributed by atoms with E-state index in [4.69, 9.17) is 0 Å². The van der Waals surface area contributed by atoms with E-state index in [9.17, 15) is 14.4 Å². The van der Waals surface area contributed by atoms with Gasteiger partial charge < -0.3 is 15.5 Å². The molecule has 1 aliphatic heterocycles. The first-order valence-electron chi connectivity index (χ1n) is 11.7. The molecule has 2 aromatic rings. The first-order valence-corrected chi connectivity index (χ1v) is 11.7. The number of amides is 2. The van der Waals surface area contributed by atoms with Gasteiger partial charge in [0.15, 0.2) is 5.78 Å². The van der Waals surface area contributed by atoms with Crippen molar-refractivity contribution in [3.05, 3.63) is 52.8 Å². The topological polar surface area (TPSA) is 96.3 Å². The fourth-order valence-corrected chi connectivity index (χ4v) is 4.40. The summed E-state index contributed by atoms with van der Waals surface area (Å²) in [4.78, 5) is 39.3. The Kier molecular flexibility index (Phi) is 10.7. The van der Waals surface area contributed by atoms with Crippen molar-refractivity contribution in [2.75, 3.05) is 26.2 Å². The van der Waals surface area contributed by atoms with Crippen molar-refractivity contribution in [1.82, 2.24) is 25.3 Å². The van der Waals surface area contributed by atoms with Crippen LogP contribution < -0.4 is 10.6 Å². The Morgan fingerprint density at radius 1 is 1.06 bits per heavy atom. The monoisotopic (exact) mass is 489 g/mol. The third-order valence-electron chi connectivity index (χ3n) is 6.14. The average molecular weight is 490 g/mol. The predicted molar refractivity (Wildman–Crippen MR) is 134 cm³/mol. The molecule has 186 valence electrons. The van der Waals surface area contributed by atoms with Gasteiger partial charge in [-0.3, -0.25) is 19.1 Å². The number of aryl methyl sites for hydroxylation is 1. The zero-order valence-electron chi connectivity index (χ0n) is 20.3. The molecule has 1 aromatic carbocycles. The largest absolute Gasteiger partial charge is 0.356 e. The Morgan fingerprint density at radius 2 is 1.76 bits per heavy atom. The molecule has 34 heavy (non-hydrogen) atoms. The second kappa shape index (κ2) is 13.2. The summed E-state index contributed by atoms with van der Waals surface area (Å²) < 4.78 is 1.64. The fourth-order valence-electron chi connectivity index (χ4n) is 4.40. The van der Waals surface area contributed by atoms with Gasteiger partial charge in [-0.25, -0.2) is 0 Å². The summed E-state index contributed by atoms with van der Waals surface area (Å²) in [5.41, 5.74) is 3.07. The molecule has 0 saturated carbocycles. The highest BCUT2D eigenvalue weighted by atomic mass is 35.5. The van der Waals surface area contributed by atoms with Crippen LogP contribution in [0.1, 0.15) is 66.0 Å². The maximum absolute atomic E-state index is 13.1. The minimum Gasteiger partial charge on any atom is -0.356 e. The van der Waals surface area contributed by atoms with Gasteiger partial charge in [0, 0.05) is 37.8 Å². The van der Waals surface area contributed by atoms with E-state index in [1.807, 2.05) is 42.2 Å². The highest BCUT2D eigenvalue weighted by Gasteiger charge is 2.21. The lowest BCUT2D eigenvalue weighted by molar-refractivity contribution is -0.132. The predicted octanol–water partition coefficient (Wildman–Crippen LogP) is 2.97. The lowest BCUT2D eigenvalue weighted by Crippen LogP contribution is -2.37. The molecule has 0 spiro atoms. The number of halogens is 1. The lowest BCUT2D eigenvalue weighted by atomic mass is 10.0. The molecule has 1 unspecified atom stereocenters. The number of hydrogen-bond donors (Lipinski definition) is 2. The van der Waals surface area contributed by atoms with Crippen molar-refractivity contribution >= 4 is 30.0 Å². The fraction of sp³-hybridized carbons (Fsp3) is 0.520. The highest BCUT2D eigenvalue weighted by Crippen LogP contribution is 2.17. The summed E-state index contributed by atoms with van der Waals surface area (Å²) in [7, 11) is 0. The van der Waals surface area contributed by atoms with Crippen LogP contribution in [0.25, 0.3) is 0 Å². The van der Waals surface area contributed by atoms with Crippen molar-refractivity contribution < 1.29 is 14.4 Å². The zero-order valence-corrected chi connectivity index (χ0v) is 21.1. The van der Waals surface area contributed by atoms with Crippen molar-refractivity contribution in [3.8, 4) is 0 Å². The number of ketones is 1. The van der Waals surface area contributed by atoms with Crippen LogP contribution in [-0.4, -0.2) is 58.5 Å². The Labute approximate surface area is 207 Å². The van der Waals surface area contributed by atoms with E-state index in [2.05, 4.69) is 15.7 Å². The summed E-state index contributed by atoms with van der Waals surface area (Å²) in [6, 6.07) is 9.93. The molecule has 1 aromatic heterocycles. The van der Waals surface area contributed by atoms with Crippen LogP contribution in [0.4, 0.5) is 0 Å². The molecular weight excluding hydrogens is 454 g/mol. The SMILES string of the molecule is CC(=O)c1c(C)nn(CC(=O)N2CCCCNC(=O)CC(c3ccccc3)NCCC2)c1C.Cl. The Bertz CT molecular complexity index is 976. The third-order valence-corrected chi connectivity index (χ3v) is 6.14. The van der Waals surface area contributed by atoms with Crippen LogP contribution in [0.2, 0.25) is 0 Å². The standard InChI is InChI=1S/C25H35N5O3.ClH/c1-18-25(20(3)31)19(2)30(28-18)17-24(33)29-14-8-7-12-27-23(32)16-22(26-13-9-15-29)21-10-5-4-6-11-21;/h4-6,10-11,22,26H,7-9,12-17H2,1-3H3,(H,27,32);1H. The molecule has 2 amide bonds. The number of carbonyl (C=O) groups excluding carboxylic acids is 3. The smallest absolute Gasteiger partial charge is 0.244 e. The number of Topliss-reactive ketones (excluding diaryl/α,β-unsaturated/α-hetero) is 1. The molecule has 1 aliphatic rings. The molecule has 3 rings (SSSR count). The quantitative estimate of drug-likeness (QED) is 0.643. The first kappa shape index (κ1) is 27.5. The summed E-state index contributed by atoms with van der Waals surface area (Å²) in [5.74, 6) is -0.00396. The van der Waals surface area contributed by atoms with E-state index in [-0.39, 0.29) is 42.6 Å². The molecule has 2 N–H and O–H groups in total. The summed E-state index contributed by atoms with van der Waals surface area (Å²) in [6.07, 6.45) is 2.81. The van der Waals surface area contributed by atoms with Crippen molar-refractivity contribution in [1.29, 1.82) is 0 Å². The summed E-state index contributed by atoms with van der Waals surface area (Å²) >= 11 is 0. The van der Waals surface area contributed by atoms with Gasteiger partial charge in [0.1, 0.15) is 6.54 Å². The van der Waals surface area contributed by atoms with Crippen LogP contribution in [0.15, 0.2) is 30.3 Å².